The van der Waals surface area contributed by atoms with Crippen molar-refractivity contribution in [3.8, 4) is 0 Å². The Morgan fingerprint density at radius 3 is 2.73 bits per heavy atom. The molecule has 0 aromatic heterocycles. The molecule has 0 aromatic rings. The van der Waals surface area contributed by atoms with E-state index < -0.39 is 0 Å². The van der Waals surface area contributed by atoms with Crippen molar-refractivity contribution in [3.05, 3.63) is 0 Å². The summed E-state index contributed by atoms with van der Waals surface area (Å²) >= 11 is 0. The van der Waals surface area contributed by atoms with Crippen LogP contribution in [0.15, 0.2) is 4.99 Å². The van der Waals surface area contributed by atoms with Gasteiger partial charge in [-0.1, -0.05) is 13.3 Å². The van der Waals surface area contributed by atoms with Gasteiger partial charge >= 0.3 is 0 Å². The third kappa shape index (κ3) is 8.23. The number of morpholine rings is 1. The lowest BCUT2D eigenvalue weighted by molar-refractivity contribution is 0.0323. The van der Waals surface area contributed by atoms with E-state index in [1.54, 1.807) is 0 Å². The van der Waals surface area contributed by atoms with Crippen molar-refractivity contribution < 1.29 is 4.74 Å². The van der Waals surface area contributed by atoms with Gasteiger partial charge in [0.2, 0.25) is 0 Å². The summed E-state index contributed by atoms with van der Waals surface area (Å²) in [6.45, 7) is 17.0. The zero-order valence-electron chi connectivity index (χ0n) is 17.3. The first-order valence-electron chi connectivity index (χ1n) is 10.8. The van der Waals surface area contributed by atoms with Crippen LogP contribution < -0.4 is 10.6 Å². The smallest absolute Gasteiger partial charge is 0.191 e. The van der Waals surface area contributed by atoms with Crippen LogP contribution in [0.5, 0.6) is 0 Å². The molecule has 2 rings (SSSR count). The monoisotopic (exact) mass is 367 g/mol. The van der Waals surface area contributed by atoms with Crippen LogP contribution in [0.2, 0.25) is 0 Å². The number of hydrogen-bond acceptors (Lipinski definition) is 4. The van der Waals surface area contributed by atoms with E-state index in [4.69, 9.17) is 9.73 Å². The first-order valence-corrected chi connectivity index (χ1v) is 10.8. The van der Waals surface area contributed by atoms with Gasteiger partial charge in [-0.05, 0) is 45.6 Å². The highest BCUT2D eigenvalue weighted by molar-refractivity contribution is 5.79. The number of nitrogens with one attached hydrogen (secondary N) is 2. The van der Waals surface area contributed by atoms with E-state index in [2.05, 4.69) is 41.2 Å². The molecule has 0 aromatic carbocycles. The molecular formula is C20H41N5O. The van der Waals surface area contributed by atoms with E-state index in [1.807, 2.05) is 0 Å². The molecule has 0 aliphatic carbocycles. The highest BCUT2D eigenvalue weighted by Gasteiger charge is 2.17. The van der Waals surface area contributed by atoms with Gasteiger partial charge in [0.1, 0.15) is 0 Å². The van der Waals surface area contributed by atoms with Gasteiger partial charge in [-0.3, -0.25) is 9.89 Å². The highest BCUT2D eigenvalue weighted by Crippen LogP contribution is 2.16. The SMILES string of the molecule is CCNC(=NCC(C)CN1CCOCC1)NCCCN1CCCCC1C. The number of guanidine groups is 1. The fourth-order valence-corrected chi connectivity index (χ4v) is 3.85. The van der Waals surface area contributed by atoms with E-state index >= 15 is 0 Å². The lowest BCUT2D eigenvalue weighted by Gasteiger charge is -2.33. The van der Waals surface area contributed by atoms with Gasteiger partial charge in [0.05, 0.1) is 13.2 Å². The van der Waals surface area contributed by atoms with Crippen LogP contribution in [0.1, 0.15) is 46.5 Å². The minimum absolute atomic E-state index is 0.567. The van der Waals surface area contributed by atoms with Crippen molar-refractivity contribution in [1.29, 1.82) is 0 Å². The normalized spacial score (nSPS) is 24.4. The molecule has 6 heteroatoms. The summed E-state index contributed by atoms with van der Waals surface area (Å²) in [5.41, 5.74) is 0. The quantitative estimate of drug-likeness (QED) is 0.370. The van der Waals surface area contributed by atoms with E-state index in [0.717, 1.165) is 64.5 Å². The molecule has 0 radical (unpaired) electrons. The fraction of sp³-hybridized carbons (Fsp3) is 0.950. The van der Waals surface area contributed by atoms with Crippen molar-refractivity contribution in [1.82, 2.24) is 20.4 Å². The van der Waals surface area contributed by atoms with E-state index in [9.17, 15) is 0 Å². The highest BCUT2D eigenvalue weighted by atomic mass is 16.5. The minimum atomic E-state index is 0.567. The fourth-order valence-electron chi connectivity index (χ4n) is 3.85. The van der Waals surface area contributed by atoms with Crippen LogP contribution in [-0.4, -0.2) is 87.4 Å². The zero-order chi connectivity index (χ0) is 18.6. The zero-order valence-corrected chi connectivity index (χ0v) is 17.3. The topological polar surface area (TPSA) is 52.1 Å². The molecule has 2 heterocycles. The van der Waals surface area contributed by atoms with E-state index in [0.29, 0.717) is 5.92 Å². The molecular weight excluding hydrogens is 326 g/mol. The number of likely N-dealkylation sites (tertiary alicyclic amines) is 1. The Labute approximate surface area is 160 Å². The molecule has 2 unspecified atom stereocenters. The standard InChI is InChI=1S/C20H41N5O/c1-4-21-20(22-9-7-11-25-10-6-5-8-19(25)3)23-16-18(2)17-24-12-14-26-15-13-24/h18-19H,4-17H2,1-3H3,(H2,21,22,23). The van der Waals surface area contributed by atoms with Crippen molar-refractivity contribution in [3.63, 3.8) is 0 Å². The molecule has 2 saturated heterocycles. The van der Waals surface area contributed by atoms with Crippen LogP contribution in [0.4, 0.5) is 0 Å². The molecule has 2 N–H and O–H groups in total. The first kappa shape index (κ1) is 21.5. The van der Waals surface area contributed by atoms with Gasteiger partial charge in [-0.15, -0.1) is 0 Å². The minimum Gasteiger partial charge on any atom is -0.379 e. The second kappa shape index (κ2) is 12.5. The van der Waals surface area contributed by atoms with E-state index in [-0.39, 0.29) is 0 Å². The molecule has 152 valence electrons. The van der Waals surface area contributed by atoms with Gasteiger partial charge in [-0.2, -0.15) is 0 Å². The number of piperidine rings is 1. The molecule has 2 aliphatic rings. The van der Waals surface area contributed by atoms with Crippen molar-refractivity contribution in [2.24, 2.45) is 10.9 Å². The van der Waals surface area contributed by atoms with Crippen LogP contribution in [0, 0.1) is 5.92 Å². The van der Waals surface area contributed by atoms with Crippen molar-refractivity contribution >= 4 is 5.96 Å². The summed E-state index contributed by atoms with van der Waals surface area (Å²) in [5.74, 6) is 1.53. The second-order valence-corrected chi connectivity index (χ2v) is 7.90. The predicted octanol–water partition coefficient (Wildman–Crippen LogP) is 1.77. The predicted molar refractivity (Wildman–Crippen MR) is 110 cm³/mol. The van der Waals surface area contributed by atoms with Crippen LogP contribution >= 0.6 is 0 Å². The largest absolute Gasteiger partial charge is 0.379 e. The van der Waals surface area contributed by atoms with Gasteiger partial charge in [0.25, 0.3) is 0 Å². The van der Waals surface area contributed by atoms with Crippen LogP contribution in [-0.2, 0) is 4.74 Å². The molecule has 0 saturated carbocycles. The Kier molecular flexibility index (Phi) is 10.3. The molecule has 0 bridgehead atoms. The summed E-state index contributed by atoms with van der Waals surface area (Å²) in [5, 5.41) is 6.89. The summed E-state index contributed by atoms with van der Waals surface area (Å²) < 4.78 is 5.42. The Morgan fingerprint density at radius 2 is 2.00 bits per heavy atom. The van der Waals surface area contributed by atoms with Gasteiger partial charge in [0, 0.05) is 51.9 Å². The van der Waals surface area contributed by atoms with Gasteiger partial charge in [0.15, 0.2) is 5.96 Å². The van der Waals surface area contributed by atoms with Crippen LogP contribution in [0.25, 0.3) is 0 Å². The van der Waals surface area contributed by atoms with Crippen molar-refractivity contribution in [2.45, 2.75) is 52.5 Å². The number of ether oxygens (including phenoxy) is 1. The molecule has 2 aliphatic heterocycles. The number of aliphatic imine (C=N–C) groups is 1. The Hall–Kier alpha value is -0.850. The maximum absolute atomic E-state index is 5.42. The van der Waals surface area contributed by atoms with Crippen LogP contribution in [0.3, 0.4) is 0 Å². The molecule has 26 heavy (non-hydrogen) atoms. The average molecular weight is 368 g/mol. The molecule has 6 nitrogen and oxygen atoms in total. The number of nitrogens with zero attached hydrogens (tertiary/aromatic N) is 3. The Bertz CT molecular complexity index is 398. The second-order valence-electron chi connectivity index (χ2n) is 7.90. The summed E-state index contributed by atoms with van der Waals surface area (Å²) in [7, 11) is 0. The lowest BCUT2D eigenvalue weighted by atomic mass is 10.0. The molecule has 0 amide bonds. The van der Waals surface area contributed by atoms with Gasteiger partial charge < -0.3 is 20.3 Å². The molecule has 2 atom stereocenters. The average Bonchev–Trinajstić information content (AvgIpc) is 2.65. The third-order valence-corrected chi connectivity index (χ3v) is 5.43. The third-order valence-electron chi connectivity index (χ3n) is 5.43. The first-order chi connectivity index (χ1) is 12.7. The molecule has 2 fully saturated rings. The van der Waals surface area contributed by atoms with Crippen molar-refractivity contribution in [2.75, 3.05) is 65.6 Å². The summed E-state index contributed by atoms with van der Waals surface area (Å²) in [4.78, 5) is 9.93. The summed E-state index contributed by atoms with van der Waals surface area (Å²) in [6, 6.07) is 0.756. The molecule has 0 spiro atoms. The maximum Gasteiger partial charge on any atom is 0.191 e. The number of hydrogen-bond donors (Lipinski definition) is 2. The van der Waals surface area contributed by atoms with Gasteiger partial charge in [-0.25, -0.2) is 0 Å². The lowest BCUT2D eigenvalue weighted by Crippen LogP contribution is -2.42. The Morgan fingerprint density at radius 1 is 1.19 bits per heavy atom. The number of rotatable bonds is 9. The maximum atomic E-state index is 5.42. The Balaban J connectivity index is 1.64. The van der Waals surface area contributed by atoms with E-state index in [1.165, 1.54) is 38.8 Å². The summed E-state index contributed by atoms with van der Waals surface area (Å²) in [6.07, 6.45) is 5.30.